The van der Waals surface area contributed by atoms with E-state index >= 15 is 0 Å². The lowest BCUT2D eigenvalue weighted by molar-refractivity contribution is -0.139. The lowest BCUT2D eigenvalue weighted by Gasteiger charge is -2.36. The summed E-state index contributed by atoms with van der Waals surface area (Å²) in [4.78, 5) is 105. The van der Waals surface area contributed by atoms with Gasteiger partial charge in [-0.1, -0.05) is 44.2 Å². The number of carbonyl (C=O) groups is 5. The van der Waals surface area contributed by atoms with E-state index in [0.717, 1.165) is 81.3 Å². The minimum atomic E-state index is -0.588. The number of fused-ring (bicyclic) bond motifs is 1. The van der Waals surface area contributed by atoms with Crippen molar-refractivity contribution in [1.82, 2.24) is 44.9 Å². The molecule has 4 aromatic heterocycles. The number of aromatic nitrogens is 5. The molecule has 1 aromatic carbocycles. The molecule has 6 heterocycles. The first kappa shape index (κ1) is 61.8. The molecular formula is C61H81N11O11S. The lowest BCUT2D eigenvalue weighted by Crippen LogP contribution is -2.55. The molecule has 0 radical (unpaired) electrons. The SMILES string of the molecule is CN[C@@H](C)C(=O)N[C@H](C(=O)N1CCC[C@H]1c1nc(C(=O)c2cccc(OCCOCCOCCOCCOCCC(=O)N3CCN(c4ccc(Nc5ncc6c(C)c(C(C)=O)c(=O)n(C7CCCC7)c6n5)nc4)CC3)c2)cs1)C1CCCCC1. The maximum Gasteiger partial charge on any atom is 0.263 e. The molecule has 2 saturated heterocycles. The number of thiazole rings is 1. The molecule has 84 heavy (non-hydrogen) atoms. The lowest BCUT2D eigenvalue weighted by atomic mass is 9.83. The Kier molecular flexibility index (Phi) is 22.3. The molecule has 4 fully saturated rings. The second-order valence-corrected chi connectivity index (χ2v) is 22.9. The van der Waals surface area contributed by atoms with Crippen molar-refractivity contribution >= 4 is 69.1 Å². The smallest absolute Gasteiger partial charge is 0.263 e. The van der Waals surface area contributed by atoms with Crippen molar-refractivity contribution < 1.29 is 47.7 Å². The third-order valence-corrected chi connectivity index (χ3v) is 17.4. The van der Waals surface area contributed by atoms with E-state index in [1.54, 1.807) is 67.5 Å². The number of likely N-dealkylation sites (N-methyl/N-ethyl adjacent to an activating group) is 1. The minimum absolute atomic E-state index is 0.0124. The third kappa shape index (κ3) is 15.8. The Labute approximate surface area is 494 Å². The number of pyridine rings is 2. The van der Waals surface area contributed by atoms with Gasteiger partial charge in [-0.25, -0.2) is 15.0 Å². The molecular weight excluding hydrogens is 1090 g/mol. The number of rotatable bonds is 29. The molecule has 3 amide bonds. The van der Waals surface area contributed by atoms with Crippen LogP contribution in [0.5, 0.6) is 5.75 Å². The standard InChI is InChI=1S/C61H81N11O11S/c1-40-48-38-64-61(68-56(48)72(45-15-8-9-16-45)59(77)53(40)42(3)73)66-51-20-19-46(37-63-51)69-23-25-70(26-24-69)52(74)21-27-79-28-29-80-30-31-81-32-33-82-34-35-83-47-17-10-14-44(36-47)55(75)49-39-84-58(65-49)50-18-11-22-71(50)60(78)54(43-12-6-5-7-13-43)67-57(76)41(2)62-4/h10,14,17,19-20,36-39,41,43,45,50,54,62H,5-9,11-13,15-16,18,21-35H2,1-4H3,(H,67,76)(H,63,64,66,68)/t41-,50-,54-/m0/s1. The fourth-order valence-corrected chi connectivity index (χ4v) is 12.7. The van der Waals surface area contributed by atoms with E-state index in [-0.39, 0.29) is 71.4 Å². The summed E-state index contributed by atoms with van der Waals surface area (Å²) in [5.41, 5.74) is 2.73. The van der Waals surface area contributed by atoms with Crippen molar-refractivity contribution in [2.24, 2.45) is 5.92 Å². The number of Topliss-reactive ketones (excluding diaryl/α,β-unsaturated/α-hetero) is 1. The first-order valence-corrected chi connectivity index (χ1v) is 30.8. The predicted molar refractivity (Wildman–Crippen MR) is 318 cm³/mol. The van der Waals surface area contributed by atoms with Crippen LogP contribution in [0.2, 0.25) is 0 Å². The fourth-order valence-electron chi connectivity index (χ4n) is 11.7. The number of likely N-dealkylation sites (tertiary alicyclic amines) is 1. The molecule has 452 valence electrons. The Balaban J connectivity index is 0.599. The molecule has 0 spiro atoms. The number of aryl methyl sites for hydroxylation is 1. The zero-order chi connectivity index (χ0) is 59.0. The number of hydrogen-bond acceptors (Lipinski definition) is 19. The van der Waals surface area contributed by atoms with Gasteiger partial charge in [0.1, 0.15) is 40.6 Å². The van der Waals surface area contributed by atoms with Gasteiger partial charge in [-0.2, -0.15) is 4.98 Å². The fraction of sp³-hybridized carbons (Fsp3) is 0.574. The number of ether oxygens (including phenoxy) is 5. The molecule has 9 rings (SSSR count). The van der Waals surface area contributed by atoms with Gasteiger partial charge in [-0.3, -0.25) is 33.3 Å². The number of ketones is 2. The van der Waals surface area contributed by atoms with Gasteiger partial charge in [0.2, 0.25) is 29.5 Å². The summed E-state index contributed by atoms with van der Waals surface area (Å²) in [6.45, 7) is 11.3. The van der Waals surface area contributed by atoms with Crippen molar-refractivity contribution in [3.05, 3.63) is 91.9 Å². The highest BCUT2D eigenvalue weighted by molar-refractivity contribution is 7.10. The van der Waals surface area contributed by atoms with E-state index in [9.17, 15) is 28.8 Å². The second-order valence-electron chi connectivity index (χ2n) is 22.1. The van der Waals surface area contributed by atoms with Crippen molar-refractivity contribution in [3.63, 3.8) is 0 Å². The maximum absolute atomic E-state index is 14.2. The van der Waals surface area contributed by atoms with Crippen molar-refractivity contribution in [1.29, 1.82) is 0 Å². The number of piperazine rings is 1. The number of hydrogen-bond donors (Lipinski definition) is 3. The Bertz CT molecular complexity index is 3100. The van der Waals surface area contributed by atoms with Crippen LogP contribution in [0.15, 0.2) is 59.0 Å². The first-order valence-electron chi connectivity index (χ1n) is 29.9. The van der Waals surface area contributed by atoms with Crippen LogP contribution in [0.3, 0.4) is 0 Å². The molecule has 22 nitrogen and oxygen atoms in total. The number of carbonyl (C=O) groups excluding carboxylic acids is 5. The van der Waals surface area contributed by atoms with E-state index in [1.807, 2.05) is 21.9 Å². The van der Waals surface area contributed by atoms with Crippen LogP contribution in [-0.2, 0) is 33.3 Å². The van der Waals surface area contributed by atoms with Gasteiger partial charge in [0.15, 0.2) is 5.78 Å². The van der Waals surface area contributed by atoms with E-state index in [2.05, 4.69) is 30.8 Å². The van der Waals surface area contributed by atoms with Crippen LogP contribution < -0.4 is 31.1 Å². The number of anilines is 3. The highest BCUT2D eigenvalue weighted by atomic mass is 32.1. The van der Waals surface area contributed by atoms with E-state index < -0.39 is 12.1 Å². The summed E-state index contributed by atoms with van der Waals surface area (Å²) in [6.07, 6.45) is 14.1. The van der Waals surface area contributed by atoms with Gasteiger partial charge in [0, 0.05) is 61.3 Å². The summed E-state index contributed by atoms with van der Waals surface area (Å²) < 4.78 is 30.2. The van der Waals surface area contributed by atoms with Crippen LogP contribution in [0.4, 0.5) is 17.5 Å². The van der Waals surface area contributed by atoms with Crippen LogP contribution >= 0.6 is 11.3 Å². The van der Waals surface area contributed by atoms with Gasteiger partial charge in [0.25, 0.3) is 5.56 Å². The monoisotopic (exact) mass is 1180 g/mol. The Morgan fingerprint density at radius 1 is 0.762 bits per heavy atom. The van der Waals surface area contributed by atoms with Crippen molar-refractivity contribution in [2.75, 3.05) is 109 Å². The Morgan fingerprint density at radius 3 is 2.13 bits per heavy atom. The predicted octanol–water partition coefficient (Wildman–Crippen LogP) is 6.76. The number of nitrogens with one attached hydrogen (secondary N) is 3. The summed E-state index contributed by atoms with van der Waals surface area (Å²) in [5, 5.41) is 12.4. The maximum atomic E-state index is 14.2. The van der Waals surface area contributed by atoms with Crippen LogP contribution in [0, 0.1) is 12.8 Å². The van der Waals surface area contributed by atoms with E-state index in [1.165, 1.54) is 18.3 Å². The molecule has 5 aromatic rings. The minimum Gasteiger partial charge on any atom is -0.491 e. The normalized spacial score (nSPS) is 17.6. The zero-order valence-electron chi connectivity index (χ0n) is 48.9. The van der Waals surface area contributed by atoms with E-state index in [0.29, 0.717) is 131 Å². The van der Waals surface area contributed by atoms with E-state index in [4.69, 9.17) is 33.7 Å². The molecule has 23 heteroatoms. The molecule has 2 saturated carbocycles. The summed E-state index contributed by atoms with van der Waals surface area (Å²) in [7, 11) is 1.73. The average molecular weight is 1180 g/mol. The van der Waals surface area contributed by atoms with Crippen LogP contribution in [0.1, 0.15) is 140 Å². The first-order chi connectivity index (χ1) is 40.9. The molecule has 3 N–H and O–H groups in total. The average Bonchev–Trinajstić information content (AvgIpc) is 1.43. The van der Waals surface area contributed by atoms with Gasteiger partial charge in [-0.15, -0.1) is 11.3 Å². The Hall–Kier alpha value is -6.76. The Morgan fingerprint density at radius 2 is 1.45 bits per heavy atom. The summed E-state index contributed by atoms with van der Waals surface area (Å²) in [6, 6.07) is 9.56. The molecule has 2 aliphatic carbocycles. The van der Waals surface area contributed by atoms with Gasteiger partial charge in [-0.05, 0) is 102 Å². The summed E-state index contributed by atoms with van der Waals surface area (Å²) in [5.74, 6) is 0.806. The van der Waals surface area contributed by atoms with Crippen molar-refractivity contribution in [3.8, 4) is 5.75 Å². The van der Waals surface area contributed by atoms with Crippen LogP contribution in [-0.4, -0.2) is 175 Å². The molecule has 4 aliphatic rings. The third-order valence-electron chi connectivity index (χ3n) is 16.5. The molecule has 0 bridgehead atoms. The quantitative estimate of drug-likeness (QED) is 0.0330. The zero-order valence-corrected chi connectivity index (χ0v) is 49.8. The number of nitrogens with zero attached hydrogens (tertiary/aromatic N) is 8. The van der Waals surface area contributed by atoms with Gasteiger partial charge >= 0.3 is 0 Å². The summed E-state index contributed by atoms with van der Waals surface area (Å²) >= 11 is 1.39. The largest absolute Gasteiger partial charge is 0.491 e. The van der Waals surface area contributed by atoms with Crippen LogP contribution in [0.25, 0.3) is 11.0 Å². The molecule has 0 unspecified atom stereocenters. The molecule has 2 aliphatic heterocycles. The topological polar surface area (TPSA) is 251 Å². The highest BCUT2D eigenvalue weighted by Gasteiger charge is 2.40. The van der Waals surface area contributed by atoms with Gasteiger partial charge < -0.3 is 54.3 Å². The van der Waals surface area contributed by atoms with Gasteiger partial charge in [0.05, 0.1) is 88.8 Å². The number of benzene rings is 1. The number of amides is 3. The highest BCUT2D eigenvalue weighted by Crippen LogP contribution is 2.37. The van der Waals surface area contributed by atoms with Crippen molar-refractivity contribution in [2.45, 2.75) is 122 Å². The second kappa shape index (κ2) is 30.4. The molecule has 3 atom stereocenters.